The van der Waals surface area contributed by atoms with Crippen LogP contribution in [0, 0.1) is 0 Å². The van der Waals surface area contributed by atoms with Gasteiger partial charge in [-0.2, -0.15) is 0 Å². The number of methoxy groups -OCH3 is 1. The maximum absolute atomic E-state index is 13.1. The smallest absolute Gasteiger partial charge is 0.455 e. The van der Waals surface area contributed by atoms with E-state index >= 15 is 0 Å². The molecule has 2 heterocycles. The molecule has 0 saturated carbocycles. The molecule has 1 N–H and O–H groups in total. The Morgan fingerprint density at radius 1 is 1.30 bits per heavy atom. The number of nitrogens with one attached hydrogen (secondary N) is 1. The fourth-order valence-corrected chi connectivity index (χ4v) is 3.64. The van der Waals surface area contributed by atoms with E-state index < -0.39 is 6.10 Å². The van der Waals surface area contributed by atoms with Gasteiger partial charge in [0.15, 0.2) is 0 Å². The molecular weight excluding hydrogens is 384 g/mol. The molecule has 2 aliphatic heterocycles. The van der Waals surface area contributed by atoms with Crippen LogP contribution in [0.3, 0.4) is 0 Å². The molecule has 1 aromatic carbocycles. The van der Waals surface area contributed by atoms with Gasteiger partial charge in [0.25, 0.3) is 5.91 Å². The van der Waals surface area contributed by atoms with E-state index in [-0.39, 0.29) is 30.2 Å². The molecule has 3 aliphatic rings. The molecule has 0 radical (unpaired) electrons. The van der Waals surface area contributed by atoms with Gasteiger partial charge in [-0.05, 0) is 42.7 Å². The van der Waals surface area contributed by atoms with Crippen molar-refractivity contribution in [2.75, 3.05) is 26.8 Å². The van der Waals surface area contributed by atoms with E-state index in [9.17, 15) is 9.59 Å². The summed E-state index contributed by atoms with van der Waals surface area (Å²) in [6, 6.07) is 7.32. The van der Waals surface area contributed by atoms with Gasteiger partial charge in [0.2, 0.25) is 24.1 Å². The first-order valence-corrected chi connectivity index (χ1v) is 10.1. The fraction of sp³-hybridized carbons (Fsp3) is 0.348. The Morgan fingerprint density at radius 2 is 2.13 bits per heavy atom. The topological polar surface area (TPSA) is 76.9 Å². The lowest BCUT2D eigenvalue weighted by atomic mass is 10.1. The zero-order valence-electron chi connectivity index (χ0n) is 16.9. The van der Waals surface area contributed by atoms with Crippen molar-refractivity contribution in [2.45, 2.75) is 25.0 Å². The molecule has 30 heavy (non-hydrogen) atoms. The largest absolute Gasteiger partial charge is 0.497 e. The third kappa shape index (κ3) is 4.52. The number of fused-ring (bicyclic) bond motifs is 1. The summed E-state index contributed by atoms with van der Waals surface area (Å²) in [5.41, 5.74) is 1.46. The molecule has 4 rings (SSSR count). The Kier molecular flexibility index (Phi) is 6.09. The second-order valence-electron chi connectivity index (χ2n) is 7.32. The second kappa shape index (κ2) is 9.09. The molecule has 7 nitrogen and oxygen atoms in total. The summed E-state index contributed by atoms with van der Waals surface area (Å²) in [7, 11) is 1.60. The summed E-state index contributed by atoms with van der Waals surface area (Å²) in [5, 5.41) is 2.88. The van der Waals surface area contributed by atoms with Crippen LogP contribution in [-0.2, 0) is 19.1 Å². The number of ether oxygens (including phenoxy) is 3. The van der Waals surface area contributed by atoms with E-state index in [4.69, 9.17) is 14.2 Å². The maximum atomic E-state index is 13.1. The molecule has 156 valence electrons. The highest BCUT2D eigenvalue weighted by molar-refractivity contribution is 6.06. The Hall–Kier alpha value is -3.19. The van der Waals surface area contributed by atoms with Crippen molar-refractivity contribution in [3.63, 3.8) is 0 Å². The molecule has 7 heteroatoms. The van der Waals surface area contributed by atoms with E-state index in [2.05, 4.69) is 5.32 Å². The van der Waals surface area contributed by atoms with E-state index in [0.29, 0.717) is 12.3 Å². The van der Waals surface area contributed by atoms with Gasteiger partial charge in [-0.25, -0.2) is 4.79 Å². The van der Waals surface area contributed by atoms with Gasteiger partial charge < -0.3 is 19.5 Å². The quantitative estimate of drug-likeness (QED) is 0.573. The molecule has 2 amide bonds. The minimum atomic E-state index is -0.414. The van der Waals surface area contributed by atoms with E-state index in [1.807, 2.05) is 42.5 Å². The Morgan fingerprint density at radius 3 is 2.87 bits per heavy atom. The van der Waals surface area contributed by atoms with Crippen LogP contribution in [0.25, 0.3) is 6.08 Å². The molecule has 2 atom stereocenters. The van der Waals surface area contributed by atoms with Gasteiger partial charge in [-0.3, -0.25) is 4.79 Å². The minimum Gasteiger partial charge on any atom is -0.497 e. The number of carbonyl (C=O) groups is 2. The predicted molar refractivity (Wildman–Crippen MR) is 111 cm³/mol. The first kappa shape index (κ1) is 20.1. The Labute approximate surface area is 175 Å². The summed E-state index contributed by atoms with van der Waals surface area (Å²) in [6.45, 7) is 1.12. The number of hydrogen-bond acceptors (Lipinski definition) is 5. The number of hydrogen-bond donors (Lipinski definition) is 1. The number of rotatable bonds is 6. The highest BCUT2D eigenvalue weighted by Gasteiger charge is 2.40. The highest BCUT2D eigenvalue weighted by Crippen LogP contribution is 2.21. The van der Waals surface area contributed by atoms with Crippen LogP contribution in [0.1, 0.15) is 18.4 Å². The third-order valence-corrected chi connectivity index (χ3v) is 5.24. The van der Waals surface area contributed by atoms with Crippen molar-refractivity contribution < 1.29 is 28.4 Å². The molecule has 1 saturated heterocycles. The van der Waals surface area contributed by atoms with Crippen LogP contribution < -0.4 is 10.1 Å². The van der Waals surface area contributed by atoms with Gasteiger partial charge >= 0.3 is 5.91 Å². The third-order valence-electron chi connectivity index (χ3n) is 5.24. The molecule has 0 spiro atoms. The molecule has 0 aromatic heterocycles. The number of amides is 2. The maximum Gasteiger partial charge on any atom is 0.455 e. The van der Waals surface area contributed by atoms with Crippen molar-refractivity contribution in [1.29, 1.82) is 0 Å². The lowest BCUT2D eigenvalue weighted by Gasteiger charge is -2.22. The van der Waals surface area contributed by atoms with Crippen molar-refractivity contribution >= 4 is 23.6 Å². The van der Waals surface area contributed by atoms with Crippen molar-refractivity contribution in [1.82, 2.24) is 5.32 Å². The first-order valence-electron chi connectivity index (χ1n) is 10.1. The second-order valence-corrected chi connectivity index (χ2v) is 7.32. The number of allylic oxidation sites excluding steroid dienone is 2. The molecule has 2 unspecified atom stereocenters. The SMILES string of the molecule is COc1ccc(/C=C2\OC3C=CC=CC3=[N+](CC(=O)NCC3CCCO3)C2=O)cc1. The summed E-state index contributed by atoms with van der Waals surface area (Å²) in [6.07, 6.45) is 10.6. The molecule has 1 fully saturated rings. The van der Waals surface area contributed by atoms with E-state index in [1.165, 1.54) is 4.58 Å². The first-order chi connectivity index (χ1) is 14.6. The highest BCUT2D eigenvalue weighted by atomic mass is 16.5. The fourth-order valence-electron chi connectivity index (χ4n) is 3.64. The van der Waals surface area contributed by atoms with Crippen molar-refractivity contribution in [3.8, 4) is 5.75 Å². The van der Waals surface area contributed by atoms with Crippen LogP contribution in [0.4, 0.5) is 0 Å². The summed E-state index contributed by atoms with van der Waals surface area (Å²) >= 11 is 0. The van der Waals surface area contributed by atoms with Gasteiger partial charge in [-0.15, -0.1) is 4.58 Å². The Balaban J connectivity index is 1.53. The van der Waals surface area contributed by atoms with Crippen molar-refractivity contribution in [2.24, 2.45) is 0 Å². The van der Waals surface area contributed by atoms with Crippen molar-refractivity contribution in [3.05, 3.63) is 59.9 Å². The standard InChI is InChI=1S/C23H24N2O5/c1-28-17-10-8-16(9-11-17)13-21-23(27)25(19-6-2-3-7-20(19)30-21)15-22(26)24-14-18-5-4-12-29-18/h2-3,6-11,13,18,20H,4-5,12,14-15H2,1H3/p+1/b21-13-. The van der Waals surface area contributed by atoms with Gasteiger partial charge in [0, 0.05) is 19.2 Å². The van der Waals surface area contributed by atoms with Crippen LogP contribution >= 0.6 is 0 Å². The van der Waals surface area contributed by atoms with Crippen LogP contribution in [0.15, 0.2) is 54.3 Å². The number of carbonyl (C=O) groups excluding carboxylic acids is 2. The number of benzene rings is 1. The van der Waals surface area contributed by atoms with Gasteiger partial charge in [0.1, 0.15) is 5.75 Å². The summed E-state index contributed by atoms with van der Waals surface area (Å²) in [4.78, 5) is 25.7. The summed E-state index contributed by atoms with van der Waals surface area (Å²) in [5.74, 6) is 0.359. The molecular formula is C23H25N2O5+. The van der Waals surface area contributed by atoms with Crippen LogP contribution in [-0.4, -0.2) is 61.1 Å². The normalized spacial score (nSPS) is 24.0. The van der Waals surface area contributed by atoms with E-state index in [1.54, 1.807) is 19.3 Å². The molecule has 0 bridgehead atoms. The minimum absolute atomic E-state index is 0.0535. The summed E-state index contributed by atoms with van der Waals surface area (Å²) < 4.78 is 18.1. The lowest BCUT2D eigenvalue weighted by molar-refractivity contribution is -0.443. The van der Waals surface area contributed by atoms with E-state index in [0.717, 1.165) is 30.8 Å². The number of nitrogens with zero attached hydrogens (tertiary/aromatic N) is 1. The predicted octanol–water partition coefficient (Wildman–Crippen LogP) is 1.84. The average molecular weight is 409 g/mol. The molecule has 1 aromatic rings. The zero-order valence-corrected chi connectivity index (χ0v) is 16.9. The van der Waals surface area contributed by atoms with Gasteiger partial charge in [0.05, 0.1) is 13.2 Å². The zero-order chi connectivity index (χ0) is 20.9. The monoisotopic (exact) mass is 409 g/mol. The van der Waals surface area contributed by atoms with Crippen LogP contribution in [0.2, 0.25) is 0 Å². The average Bonchev–Trinajstić information content (AvgIpc) is 3.29. The Bertz CT molecular complexity index is 937. The van der Waals surface area contributed by atoms with Crippen LogP contribution in [0.5, 0.6) is 5.75 Å². The van der Waals surface area contributed by atoms with Gasteiger partial charge in [-0.1, -0.05) is 24.3 Å². The lowest BCUT2D eigenvalue weighted by Crippen LogP contribution is -2.47. The molecule has 1 aliphatic carbocycles.